The van der Waals surface area contributed by atoms with Crippen LogP contribution in [0.25, 0.3) is 11.3 Å². The zero-order chi connectivity index (χ0) is 23.7. The number of halogens is 2. The van der Waals surface area contributed by atoms with Gasteiger partial charge < -0.3 is 15.2 Å². The number of hydrogen-bond acceptors (Lipinski definition) is 5. The van der Waals surface area contributed by atoms with E-state index in [0.29, 0.717) is 39.4 Å². The lowest BCUT2D eigenvalue weighted by atomic mass is 9.83. The van der Waals surface area contributed by atoms with E-state index in [0.717, 1.165) is 16.9 Å². The Morgan fingerprint density at radius 1 is 1.06 bits per heavy atom. The number of aromatic amines is 1. The Hall–Kier alpha value is -3.92. The first kappa shape index (κ1) is 21.9. The van der Waals surface area contributed by atoms with Crippen molar-refractivity contribution in [3.8, 4) is 29.0 Å². The number of allylic oxidation sites excluding steroid dienone is 1. The molecule has 1 aromatic heterocycles. The summed E-state index contributed by atoms with van der Waals surface area (Å²) >= 11 is 12.6. The molecule has 1 atom stereocenters. The first-order valence-electron chi connectivity index (χ1n) is 10.4. The van der Waals surface area contributed by atoms with Crippen molar-refractivity contribution in [1.82, 2.24) is 10.2 Å². The molecule has 0 amide bonds. The van der Waals surface area contributed by atoms with Crippen LogP contribution in [0.4, 0.5) is 0 Å². The first-order chi connectivity index (χ1) is 16.5. The normalized spacial score (nSPS) is 14.8. The number of hydrogen-bond donors (Lipinski definition) is 2. The summed E-state index contributed by atoms with van der Waals surface area (Å²) in [7, 11) is 0. The van der Waals surface area contributed by atoms with Gasteiger partial charge in [-0.3, -0.25) is 5.10 Å². The van der Waals surface area contributed by atoms with Crippen molar-refractivity contribution in [3.05, 3.63) is 111 Å². The highest BCUT2D eigenvalue weighted by molar-refractivity contribution is 6.35. The molecule has 168 valence electrons. The minimum Gasteiger partial charge on any atom is -0.489 e. The van der Waals surface area contributed by atoms with Crippen molar-refractivity contribution in [3.63, 3.8) is 0 Å². The fourth-order valence-corrected chi connectivity index (χ4v) is 4.49. The van der Waals surface area contributed by atoms with Gasteiger partial charge in [0.15, 0.2) is 0 Å². The number of nitrogens with two attached hydrogens (primary N) is 1. The number of rotatable bonds is 5. The molecule has 1 aliphatic rings. The molecule has 0 fully saturated rings. The van der Waals surface area contributed by atoms with Crippen LogP contribution in [0.5, 0.6) is 11.6 Å². The summed E-state index contributed by atoms with van der Waals surface area (Å²) in [5, 5.41) is 18.1. The molecule has 4 aromatic rings. The molecular formula is C26H18Cl2N4O2. The average Bonchev–Trinajstić information content (AvgIpc) is 3.26. The average molecular weight is 489 g/mol. The molecule has 0 aliphatic carbocycles. The van der Waals surface area contributed by atoms with Gasteiger partial charge in [0.25, 0.3) is 0 Å². The fraction of sp³-hybridized carbons (Fsp3) is 0.0769. The molecule has 5 rings (SSSR count). The summed E-state index contributed by atoms with van der Waals surface area (Å²) in [6, 6.07) is 24.9. The highest BCUT2D eigenvalue weighted by atomic mass is 35.5. The second-order valence-corrected chi connectivity index (χ2v) is 8.55. The second kappa shape index (κ2) is 9.14. The van der Waals surface area contributed by atoms with Gasteiger partial charge >= 0.3 is 0 Å². The summed E-state index contributed by atoms with van der Waals surface area (Å²) < 4.78 is 11.6. The van der Waals surface area contributed by atoms with Crippen molar-refractivity contribution in [2.75, 3.05) is 0 Å². The molecule has 3 N–H and O–H groups in total. The summed E-state index contributed by atoms with van der Waals surface area (Å²) in [5.41, 5.74) is 10.3. The van der Waals surface area contributed by atoms with Gasteiger partial charge in [-0.15, -0.1) is 5.10 Å². The molecule has 8 heteroatoms. The maximum atomic E-state index is 9.87. The number of fused-ring (bicyclic) bond motifs is 1. The molecule has 1 aliphatic heterocycles. The molecule has 0 spiro atoms. The van der Waals surface area contributed by atoms with Crippen LogP contribution in [-0.2, 0) is 6.61 Å². The Morgan fingerprint density at radius 3 is 2.53 bits per heavy atom. The van der Waals surface area contributed by atoms with E-state index in [1.54, 1.807) is 18.2 Å². The van der Waals surface area contributed by atoms with E-state index < -0.39 is 5.92 Å². The molecule has 0 radical (unpaired) electrons. The van der Waals surface area contributed by atoms with Crippen LogP contribution < -0.4 is 15.2 Å². The zero-order valence-corrected chi connectivity index (χ0v) is 19.3. The minimum absolute atomic E-state index is 0.00581. The van der Waals surface area contributed by atoms with E-state index in [-0.39, 0.29) is 11.5 Å². The topological polar surface area (TPSA) is 97.0 Å². The lowest BCUT2D eigenvalue weighted by molar-refractivity contribution is 0.306. The molecule has 2 heterocycles. The molecule has 0 unspecified atom stereocenters. The summed E-state index contributed by atoms with van der Waals surface area (Å²) in [5.74, 6) is 0.457. The predicted octanol–water partition coefficient (Wildman–Crippen LogP) is 6.18. The van der Waals surface area contributed by atoms with Crippen LogP contribution in [0.15, 0.2) is 84.3 Å². The first-order valence-corrected chi connectivity index (χ1v) is 11.2. The van der Waals surface area contributed by atoms with Crippen molar-refractivity contribution >= 4 is 23.2 Å². The number of nitrogens with zero attached hydrogens (tertiary/aromatic N) is 2. The van der Waals surface area contributed by atoms with Gasteiger partial charge in [0.2, 0.25) is 11.8 Å². The summed E-state index contributed by atoms with van der Waals surface area (Å²) in [6.45, 7) is 0.472. The number of H-pyrrole nitrogens is 1. The smallest absolute Gasteiger partial charge is 0.244 e. The number of nitriles is 1. The van der Waals surface area contributed by atoms with Gasteiger partial charge in [-0.25, -0.2) is 0 Å². The Labute approximate surface area is 206 Å². The Morgan fingerprint density at radius 2 is 1.82 bits per heavy atom. The van der Waals surface area contributed by atoms with E-state index >= 15 is 0 Å². The zero-order valence-electron chi connectivity index (χ0n) is 17.8. The molecule has 34 heavy (non-hydrogen) atoms. The van der Waals surface area contributed by atoms with Gasteiger partial charge in [0.1, 0.15) is 24.0 Å². The fourth-order valence-electron chi connectivity index (χ4n) is 3.97. The lowest BCUT2D eigenvalue weighted by Crippen LogP contribution is -2.21. The quantitative estimate of drug-likeness (QED) is 0.349. The Kier molecular flexibility index (Phi) is 5.89. The molecular weight excluding hydrogens is 471 g/mol. The molecule has 0 bridgehead atoms. The van der Waals surface area contributed by atoms with E-state index in [1.807, 2.05) is 54.6 Å². The SMILES string of the molecule is N#CC1=C(N)Oc2n[nH]c(-c3ccc(OCc4ccccc4)cc3)c2[C@H]1c1ccc(Cl)cc1Cl. The second-order valence-electron chi connectivity index (χ2n) is 7.71. The third-order valence-electron chi connectivity index (χ3n) is 5.60. The van der Waals surface area contributed by atoms with Crippen LogP contribution in [0, 0.1) is 11.3 Å². The minimum atomic E-state index is -0.568. The van der Waals surface area contributed by atoms with Crippen molar-refractivity contribution in [2.24, 2.45) is 5.73 Å². The summed E-state index contributed by atoms with van der Waals surface area (Å²) in [4.78, 5) is 0. The van der Waals surface area contributed by atoms with Crippen LogP contribution in [0.1, 0.15) is 22.6 Å². The third kappa shape index (κ3) is 4.08. The molecule has 3 aromatic carbocycles. The van der Waals surface area contributed by atoms with Crippen LogP contribution >= 0.6 is 23.2 Å². The lowest BCUT2D eigenvalue weighted by Gasteiger charge is -2.25. The monoisotopic (exact) mass is 488 g/mol. The van der Waals surface area contributed by atoms with Crippen LogP contribution in [-0.4, -0.2) is 10.2 Å². The van der Waals surface area contributed by atoms with Crippen LogP contribution in [0.3, 0.4) is 0 Å². The van der Waals surface area contributed by atoms with E-state index in [4.69, 9.17) is 38.4 Å². The van der Waals surface area contributed by atoms with Crippen molar-refractivity contribution in [2.45, 2.75) is 12.5 Å². The molecule has 6 nitrogen and oxygen atoms in total. The predicted molar refractivity (Wildman–Crippen MR) is 131 cm³/mol. The standard InChI is InChI=1S/C26H18Cl2N4O2/c27-17-8-11-19(21(28)12-17)22-20(13-29)25(30)34-26-23(22)24(31-32-26)16-6-9-18(10-7-16)33-14-15-4-2-1-3-5-15/h1-12,22H,14,30H2,(H,31,32)/t22-/m0/s1. The van der Waals surface area contributed by atoms with Gasteiger partial charge in [-0.1, -0.05) is 59.6 Å². The molecule has 0 saturated heterocycles. The van der Waals surface area contributed by atoms with Gasteiger partial charge in [0.05, 0.1) is 17.2 Å². The van der Waals surface area contributed by atoms with E-state index in [1.165, 1.54) is 0 Å². The van der Waals surface area contributed by atoms with Crippen molar-refractivity contribution < 1.29 is 9.47 Å². The number of nitrogens with one attached hydrogen (secondary N) is 1. The number of benzene rings is 3. The van der Waals surface area contributed by atoms with E-state index in [2.05, 4.69) is 16.3 Å². The molecule has 0 saturated carbocycles. The Balaban J connectivity index is 1.51. The van der Waals surface area contributed by atoms with Crippen molar-refractivity contribution in [1.29, 1.82) is 5.26 Å². The maximum Gasteiger partial charge on any atom is 0.244 e. The highest BCUT2D eigenvalue weighted by Crippen LogP contribution is 2.47. The van der Waals surface area contributed by atoms with Gasteiger partial charge in [-0.2, -0.15) is 5.26 Å². The Bertz CT molecular complexity index is 1420. The number of aromatic nitrogens is 2. The van der Waals surface area contributed by atoms with Gasteiger partial charge in [0, 0.05) is 15.6 Å². The van der Waals surface area contributed by atoms with E-state index in [9.17, 15) is 5.26 Å². The largest absolute Gasteiger partial charge is 0.489 e. The highest BCUT2D eigenvalue weighted by Gasteiger charge is 2.36. The number of ether oxygens (including phenoxy) is 2. The summed E-state index contributed by atoms with van der Waals surface area (Å²) in [6.07, 6.45) is 0. The van der Waals surface area contributed by atoms with Gasteiger partial charge in [-0.05, 0) is 47.5 Å². The maximum absolute atomic E-state index is 9.87. The third-order valence-corrected chi connectivity index (χ3v) is 6.17. The van der Waals surface area contributed by atoms with Crippen LogP contribution in [0.2, 0.25) is 10.0 Å².